The molecule has 21 heavy (non-hydrogen) atoms. The summed E-state index contributed by atoms with van der Waals surface area (Å²) in [7, 11) is 0. The summed E-state index contributed by atoms with van der Waals surface area (Å²) in [6.45, 7) is 2.89. The molecule has 0 fully saturated rings. The summed E-state index contributed by atoms with van der Waals surface area (Å²) in [5, 5.41) is 2.87. The molecule has 0 aromatic heterocycles. The van der Waals surface area contributed by atoms with Crippen LogP contribution in [0.25, 0.3) is 0 Å². The largest absolute Gasteiger partial charge is 0.492 e. The summed E-state index contributed by atoms with van der Waals surface area (Å²) < 4.78 is 6.34. The minimum absolute atomic E-state index is 0.162. The van der Waals surface area contributed by atoms with Gasteiger partial charge in [-0.25, -0.2) is 0 Å². The highest BCUT2D eigenvalue weighted by molar-refractivity contribution is 9.10. The van der Waals surface area contributed by atoms with E-state index in [0.29, 0.717) is 30.2 Å². The number of anilines is 1. The fourth-order valence-corrected chi connectivity index (χ4v) is 2.35. The fourth-order valence-electron chi connectivity index (χ4n) is 1.91. The van der Waals surface area contributed by atoms with Crippen molar-refractivity contribution in [2.45, 2.75) is 13.5 Å². The molecule has 110 valence electrons. The highest BCUT2D eigenvalue weighted by atomic mass is 79.9. The lowest BCUT2D eigenvalue weighted by atomic mass is 10.1. The first-order valence-electron chi connectivity index (χ1n) is 6.65. The maximum Gasteiger partial charge on any atom is 0.251 e. The van der Waals surface area contributed by atoms with Crippen molar-refractivity contribution in [3.63, 3.8) is 0 Å². The molecule has 2 rings (SSSR count). The maximum atomic E-state index is 12.1. The van der Waals surface area contributed by atoms with Crippen molar-refractivity contribution in [3.05, 3.63) is 58.1 Å². The predicted molar refractivity (Wildman–Crippen MR) is 87.3 cm³/mol. The number of hydrogen-bond donors (Lipinski definition) is 2. The van der Waals surface area contributed by atoms with Crippen LogP contribution in [0.2, 0.25) is 0 Å². The van der Waals surface area contributed by atoms with Crippen LogP contribution in [0.5, 0.6) is 5.75 Å². The van der Waals surface area contributed by atoms with Crippen LogP contribution in [-0.2, 0) is 6.54 Å². The monoisotopic (exact) mass is 348 g/mol. The molecule has 0 atom stereocenters. The lowest BCUT2D eigenvalue weighted by Crippen LogP contribution is -2.22. The molecule has 5 heteroatoms. The van der Waals surface area contributed by atoms with Crippen molar-refractivity contribution in [1.82, 2.24) is 5.32 Å². The highest BCUT2D eigenvalue weighted by Crippen LogP contribution is 2.22. The number of nitrogens with one attached hydrogen (secondary N) is 1. The normalized spacial score (nSPS) is 10.2. The number of halogens is 1. The van der Waals surface area contributed by atoms with Crippen molar-refractivity contribution in [2.75, 3.05) is 12.3 Å². The number of carbonyl (C=O) groups is 1. The third-order valence-corrected chi connectivity index (χ3v) is 3.41. The molecule has 4 nitrogen and oxygen atoms in total. The Morgan fingerprint density at radius 1 is 1.29 bits per heavy atom. The SMILES string of the molecule is CCOc1ccc(C(=O)NCc2cccc(Br)c2)cc1N. The quantitative estimate of drug-likeness (QED) is 0.814. The number of benzene rings is 2. The molecule has 0 aliphatic heterocycles. The molecule has 1 amide bonds. The van der Waals surface area contributed by atoms with Gasteiger partial charge in [0.15, 0.2) is 0 Å². The number of carbonyl (C=O) groups excluding carboxylic acids is 1. The second-order valence-corrected chi connectivity index (χ2v) is 5.41. The van der Waals surface area contributed by atoms with E-state index in [1.165, 1.54) is 0 Å². The van der Waals surface area contributed by atoms with E-state index < -0.39 is 0 Å². The predicted octanol–water partition coefficient (Wildman–Crippen LogP) is 3.36. The summed E-state index contributed by atoms with van der Waals surface area (Å²) in [5.74, 6) is 0.436. The van der Waals surface area contributed by atoms with Gasteiger partial charge in [0.2, 0.25) is 0 Å². The molecule has 0 spiro atoms. The topological polar surface area (TPSA) is 64.3 Å². The van der Waals surface area contributed by atoms with Crippen molar-refractivity contribution in [2.24, 2.45) is 0 Å². The van der Waals surface area contributed by atoms with Crippen LogP contribution in [0.1, 0.15) is 22.8 Å². The molecule has 0 saturated heterocycles. The molecule has 0 heterocycles. The van der Waals surface area contributed by atoms with Crippen molar-refractivity contribution in [1.29, 1.82) is 0 Å². The minimum Gasteiger partial charge on any atom is -0.492 e. The van der Waals surface area contributed by atoms with E-state index in [0.717, 1.165) is 10.0 Å². The van der Waals surface area contributed by atoms with Crippen LogP contribution in [0, 0.1) is 0 Å². The van der Waals surface area contributed by atoms with Crippen LogP contribution in [0.3, 0.4) is 0 Å². The first kappa shape index (κ1) is 15.4. The number of amides is 1. The van der Waals surface area contributed by atoms with Crippen LogP contribution in [-0.4, -0.2) is 12.5 Å². The Kier molecular flexibility index (Phi) is 5.22. The third-order valence-electron chi connectivity index (χ3n) is 2.91. The summed E-state index contributed by atoms with van der Waals surface area (Å²) in [4.78, 5) is 12.1. The maximum absolute atomic E-state index is 12.1. The van der Waals surface area contributed by atoms with Gasteiger partial charge in [-0.3, -0.25) is 4.79 Å². The van der Waals surface area contributed by atoms with Crippen LogP contribution in [0.4, 0.5) is 5.69 Å². The Morgan fingerprint density at radius 2 is 2.10 bits per heavy atom. The molecule has 0 saturated carbocycles. The Bertz CT molecular complexity index is 644. The molecule has 2 aromatic rings. The summed E-state index contributed by atoms with van der Waals surface area (Å²) >= 11 is 3.40. The van der Waals surface area contributed by atoms with Crippen molar-refractivity contribution < 1.29 is 9.53 Å². The Labute approximate surface area is 132 Å². The van der Waals surface area contributed by atoms with Gasteiger partial charge in [-0.2, -0.15) is 0 Å². The number of nitrogen functional groups attached to an aromatic ring is 1. The molecule has 2 aromatic carbocycles. The third kappa shape index (κ3) is 4.23. The number of ether oxygens (including phenoxy) is 1. The van der Waals surface area contributed by atoms with Gasteiger partial charge in [0, 0.05) is 16.6 Å². The smallest absolute Gasteiger partial charge is 0.251 e. The van der Waals surface area contributed by atoms with Crippen LogP contribution < -0.4 is 15.8 Å². The summed E-state index contributed by atoms with van der Waals surface area (Å²) in [6.07, 6.45) is 0. The summed E-state index contributed by atoms with van der Waals surface area (Å²) in [5.41, 5.74) is 7.87. The van der Waals surface area contributed by atoms with Crippen LogP contribution >= 0.6 is 15.9 Å². The van der Waals surface area contributed by atoms with Crippen molar-refractivity contribution in [3.8, 4) is 5.75 Å². The standard InChI is InChI=1S/C16H17BrN2O2/c1-2-21-15-7-6-12(9-14(15)18)16(20)19-10-11-4-3-5-13(17)8-11/h3-9H,2,10,18H2,1H3,(H,19,20). The van der Waals surface area contributed by atoms with E-state index in [9.17, 15) is 4.79 Å². The van der Waals surface area contributed by atoms with Gasteiger partial charge in [-0.15, -0.1) is 0 Å². The molecular weight excluding hydrogens is 332 g/mol. The molecular formula is C16H17BrN2O2. The van der Waals surface area contributed by atoms with Gasteiger partial charge in [0.1, 0.15) is 5.75 Å². The lowest BCUT2D eigenvalue weighted by molar-refractivity contribution is 0.0951. The van der Waals surface area contributed by atoms with E-state index in [4.69, 9.17) is 10.5 Å². The number of hydrogen-bond acceptors (Lipinski definition) is 3. The van der Waals surface area contributed by atoms with Gasteiger partial charge in [0.05, 0.1) is 12.3 Å². The number of rotatable bonds is 5. The van der Waals surface area contributed by atoms with Gasteiger partial charge in [0.25, 0.3) is 5.91 Å². The highest BCUT2D eigenvalue weighted by Gasteiger charge is 2.08. The second kappa shape index (κ2) is 7.13. The summed E-state index contributed by atoms with van der Waals surface area (Å²) in [6, 6.07) is 12.8. The number of nitrogens with two attached hydrogens (primary N) is 1. The zero-order valence-corrected chi connectivity index (χ0v) is 13.3. The zero-order valence-electron chi connectivity index (χ0n) is 11.7. The molecule has 0 aliphatic carbocycles. The van der Waals surface area contributed by atoms with E-state index in [1.807, 2.05) is 31.2 Å². The lowest BCUT2D eigenvalue weighted by Gasteiger charge is -2.09. The molecule has 0 unspecified atom stereocenters. The minimum atomic E-state index is -0.162. The Balaban J connectivity index is 2.02. The van der Waals surface area contributed by atoms with E-state index >= 15 is 0 Å². The average molecular weight is 349 g/mol. The first-order chi connectivity index (χ1) is 10.1. The average Bonchev–Trinajstić information content (AvgIpc) is 2.47. The Hall–Kier alpha value is -2.01. The van der Waals surface area contributed by atoms with E-state index in [-0.39, 0.29) is 5.91 Å². The van der Waals surface area contributed by atoms with Gasteiger partial charge in [-0.1, -0.05) is 28.1 Å². The van der Waals surface area contributed by atoms with E-state index in [2.05, 4.69) is 21.2 Å². The second-order valence-electron chi connectivity index (χ2n) is 4.50. The van der Waals surface area contributed by atoms with Crippen LogP contribution in [0.15, 0.2) is 46.9 Å². The first-order valence-corrected chi connectivity index (χ1v) is 7.44. The molecule has 0 bridgehead atoms. The molecule has 0 aliphatic rings. The van der Waals surface area contributed by atoms with Gasteiger partial charge >= 0.3 is 0 Å². The van der Waals surface area contributed by atoms with E-state index in [1.54, 1.807) is 18.2 Å². The van der Waals surface area contributed by atoms with Crippen molar-refractivity contribution >= 4 is 27.5 Å². The molecule has 3 N–H and O–H groups in total. The zero-order chi connectivity index (χ0) is 15.2. The van der Waals surface area contributed by atoms with Gasteiger partial charge < -0.3 is 15.8 Å². The fraction of sp³-hybridized carbons (Fsp3) is 0.188. The Morgan fingerprint density at radius 3 is 2.76 bits per heavy atom. The molecule has 0 radical (unpaired) electrons. The van der Waals surface area contributed by atoms with Gasteiger partial charge in [-0.05, 0) is 42.8 Å².